The van der Waals surface area contributed by atoms with Crippen LogP contribution in [0.1, 0.15) is 67.1 Å². The smallest absolute Gasteiger partial charge is 0.349 e. The first-order valence-corrected chi connectivity index (χ1v) is 8.99. The first-order valence-electron chi connectivity index (χ1n) is 8.99. The molecule has 3 heterocycles. The summed E-state index contributed by atoms with van der Waals surface area (Å²) in [6.45, 7) is 0.638. The van der Waals surface area contributed by atoms with E-state index in [0.717, 1.165) is 6.42 Å². The molecule has 0 fully saturated rings. The number of allylic oxidation sites excluding steroid dienone is 1. The molecule has 0 aromatic carbocycles. The fourth-order valence-corrected chi connectivity index (χ4v) is 5.32. The Morgan fingerprint density at radius 2 is 1.87 bits per heavy atom. The van der Waals surface area contributed by atoms with Crippen molar-refractivity contribution in [3.8, 4) is 0 Å². The third kappa shape index (κ3) is 1.78. The van der Waals surface area contributed by atoms with Crippen LogP contribution in [-0.4, -0.2) is 27.9 Å². The normalized spacial score (nSPS) is 25.4. The van der Waals surface area contributed by atoms with Gasteiger partial charge in [0.1, 0.15) is 5.71 Å². The summed E-state index contributed by atoms with van der Waals surface area (Å²) in [7, 11) is 0. The summed E-state index contributed by atoms with van der Waals surface area (Å²) in [6.07, 6.45) is 10.1. The molecular formula is C19H22N2O2. The van der Waals surface area contributed by atoms with Gasteiger partial charge in [0.05, 0.1) is 6.04 Å². The standard InChI is InChI=1S/C19H22N2O2/c22-19(23)15-10-17-12(8-9-20-15)14-6-3-5-13-11-4-1-2-7-16(11)21(17)18(13)14/h17H,1-10H2,(H,22,23). The van der Waals surface area contributed by atoms with E-state index in [9.17, 15) is 9.90 Å². The molecule has 1 N–H and O–H groups in total. The lowest BCUT2D eigenvalue weighted by Crippen LogP contribution is -2.20. The van der Waals surface area contributed by atoms with E-state index in [1.54, 1.807) is 16.7 Å². The fourth-order valence-electron chi connectivity index (χ4n) is 5.32. The van der Waals surface area contributed by atoms with Crippen molar-refractivity contribution < 1.29 is 9.90 Å². The van der Waals surface area contributed by atoms with E-state index < -0.39 is 5.97 Å². The fraction of sp³-hybridized carbons (Fsp3) is 0.579. The zero-order chi connectivity index (χ0) is 15.6. The Balaban J connectivity index is 1.71. The lowest BCUT2D eigenvalue weighted by molar-refractivity contribution is -0.129. The van der Waals surface area contributed by atoms with Crippen molar-refractivity contribution >= 4 is 17.3 Å². The van der Waals surface area contributed by atoms with Gasteiger partial charge in [0, 0.05) is 24.4 Å². The second-order valence-corrected chi connectivity index (χ2v) is 7.29. The second-order valence-electron chi connectivity index (χ2n) is 7.29. The van der Waals surface area contributed by atoms with Gasteiger partial charge in [0.15, 0.2) is 0 Å². The molecule has 0 radical (unpaired) electrons. The highest BCUT2D eigenvalue weighted by Crippen LogP contribution is 2.51. The van der Waals surface area contributed by atoms with Gasteiger partial charge in [-0.2, -0.15) is 0 Å². The van der Waals surface area contributed by atoms with E-state index in [4.69, 9.17) is 0 Å². The number of carbonyl (C=O) groups is 1. The van der Waals surface area contributed by atoms with Crippen LogP contribution in [0.2, 0.25) is 0 Å². The van der Waals surface area contributed by atoms with Crippen molar-refractivity contribution in [2.45, 2.75) is 63.8 Å². The molecule has 120 valence electrons. The molecule has 1 unspecified atom stereocenters. The summed E-state index contributed by atoms with van der Waals surface area (Å²) < 4.78 is 2.55. The van der Waals surface area contributed by atoms with Crippen molar-refractivity contribution in [2.75, 3.05) is 6.54 Å². The van der Waals surface area contributed by atoms with Crippen LogP contribution in [0, 0.1) is 0 Å². The van der Waals surface area contributed by atoms with Gasteiger partial charge in [0.25, 0.3) is 0 Å². The van der Waals surface area contributed by atoms with Gasteiger partial charge in [-0.05, 0) is 73.6 Å². The Morgan fingerprint density at radius 3 is 2.74 bits per heavy atom. The Morgan fingerprint density at radius 1 is 1.04 bits per heavy atom. The monoisotopic (exact) mass is 310 g/mol. The van der Waals surface area contributed by atoms with Gasteiger partial charge in [-0.1, -0.05) is 0 Å². The SMILES string of the molecule is O=C(O)C1=NCCC2=C3CCCc4c5c(n(c43)C2C1)CCCC5. The van der Waals surface area contributed by atoms with E-state index in [-0.39, 0.29) is 6.04 Å². The molecule has 0 amide bonds. The number of carboxylic acid groups (broad SMARTS) is 1. The summed E-state index contributed by atoms with van der Waals surface area (Å²) in [5.74, 6) is -0.836. The zero-order valence-corrected chi connectivity index (χ0v) is 13.4. The Kier molecular flexibility index (Phi) is 2.85. The molecule has 2 aliphatic carbocycles. The van der Waals surface area contributed by atoms with Crippen LogP contribution < -0.4 is 0 Å². The van der Waals surface area contributed by atoms with Gasteiger partial charge in [0.2, 0.25) is 0 Å². The largest absolute Gasteiger partial charge is 0.477 e. The van der Waals surface area contributed by atoms with Gasteiger partial charge in [-0.3, -0.25) is 4.99 Å². The molecule has 1 aromatic rings. The highest BCUT2D eigenvalue weighted by molar-refractivity contribution is 6.35. The maximum absolute atomic E-state index is 11.5. The van der Waals surface area contributed by atoms with Crippen LogP contribution in [-0.2, 0) is 24.1 Å². The number of fused-ring (bicyclic) bond motifs is 5. The summed E-state index contributed by atoms with van der Waals surface area (Å²) in [5, 5.41) is 9.45. The molecule has 1 aromatic heterocycles. The van der Waals surface area contributed by atoms with Crippen molar-refractivity contribution in [3.05, 3.63) is 28.1 Å². The van der Waals surface area contributed by atoms with Crippen LogP contribution in [0.3, 0.4) is 0 Å². The molecule has 4 aliphatic rings. The topological polar surface area (TPSA) is 54.6 Å². The predicted molar refractivity (Wildman–Crippen MR) is 89.1 cm³/mol. The van der Waals surface area contributed by atoms with Crippen molar-refractivity contribution in [1.82, 2.24) is 4.57 Å². The highest BCUT2D eigenvalue weighted by Gasteiger charge is 2.40. The Bertz CT molecular complexity index is 782. The first-order chi connectivity index (χ1) is 11.3. The summed E-state index contributed by atoms with van der Waals surface area (Å²) in [4.78, 5) is 15.9. The summed E-state index contributed by atoms with van der Waals surface area (Å²) in [5.41, 5.74) is 9.65. The van der Waals surface area contributed by atoms with Crippen LogP contribution in [0.25, 0.3) is 5.57 Å². The lowest BCUT2D eigenvalue weighted by atomic mass is 9.84. The summed E-state index contributed by atoms with van der Waals surface area (Å²) in [6, 6.07) is 0.232. The molecular weight excluding hydrogens is 288 g/mol. The van der Waals surface area contributed by atoms with Gasteiger partial charge in [-0.25, -0.2) is 4.79 Å². The second kappa shape index (κ2) is 4.83. The number of hydrogen-bond donors (Lipinski definition) is 1. The number of hydrogen-bond acceptors (Lipinski definition) is 2. The molecule has 1 atom stereocenters. The quantitative estimate of drug-likeness (QED) is 0.865. The number of aromatic nitrogens is 1. The van der Waals surface area contributed by atoms with Crippen molar-refractivity contribution in [3.63, 3.8) is 0 Å². The zero-order valence-electron chi connectivity index (χ0n) is 13.4. The van der Waals surface area contributed by atoms with Crippen LogP contribution >= 0.6 is 0 Å². The van der Waals surface area contributed by atoms with Crippen LogP contribution in [0.4, 0.5) is 0 Å². The number of aliphatic imine (C=N–C) groups is 1. The molecule has 4 heteroatoms. The molecule has 0 spiro atoms. The third-order valence-corrected chi connectivity index (χ3v) is 6.18. The van der Waals surface area contributed by atoms with Gasteiger partial charge in [-0.15, -0.1) is 0 Å². The molecule has 23 heavy (non-hydrogen) atoms. The van der Waals surface area contributed by atoms with E-state index >= 15 is 0 Å². The molecule has 0 saturated heterocycles. The average Bonchev–Trinajstić information content (AvgIpc) is 2.95. The maximum Gasteiger partial charge on any atom is 0.349 e. The van der Waals surface area contributed by atoms with Crippen molar-refractivity contribution in [2.24, 2.45) is 4.99 Å². The summed E-state index contributed by atoms with van der Waals surface area (Å²) >= 11 is 0. The van der Waals surface area contributed by atoms with E-state index in [1.807, 2.05) is 0 Å². The molecule has 0 bridgehead atoms. The highest BCUT2D eigenvalue weighted by atomic mass is 16.4. The first kappa shape index (κ1) is 13.6. The van der Waals surface area contributed by atoms with Crippen molar-refractivity contribution in [1.29, 1.82) is 0 Å². The minimum Gasteiger partial charge on any atom is -0.477 e. The third-order valence-electron chi connectivity index (χ3n) is 6.18. The van der Waals surface area contributed by atoms with E-state index in [2.05, 4.69) is 9.56 Å². The number of nitrogens with zero attached hydrogens (tertiary/aromatic N) is 2. The van der Waals surface area contributed by atoms with Crippen LogP contribution in [0.15, 0.2) is 10.6 Å². The Labute approximate surface area is 135 Å². The van der Waals surface area contributed by atoms with Crippen LogP contribution in [0.5, 0.6) is 0 Å². The molecule has 2 aliphatic heterocycles. The van der Waals surface area contributed by atoms with Gasteiger partial charge >= 0.3 is 5.97 Å². The van der Waals surface area contributed by atoms with E-state index in [1.165, 1.54) is 61.9 Å². The average molecular weight is 310 g/mol. The minimum atomic E-state index is -0.836. The predicted octanol–water partition coefficient (Wildman–Crippen LogP) is 3.33. The number of aliphatic carboxylic acids is 1. The Hall–Kier alpha value is -1.84. The molecule has 5 rings (SSSR count). The lowest BCUT2D eigenvalue weighted by Gasteiger charge is -2.22. The molecule has 4 nitrogen and oxygen atoms in total. The minimum absolute atomic E-state index is 0.232. The van der Waals surface area contributed by atoms with E-state index in [0.29, 0.717) is 18.7 Å². The molecule has 0 saturated carbocycles. The number of carboxylic acids is 1. The maximum atomic E-state index is 11.5. The van der Waals surface area contributed by atoms with Gasteiger partial charge < -0.3 is 9.67 Å². The number of rotatable bonds is 1.